The Bertz CT molecular complexity index is 2630. The number of alkyl halides is 6. The van der Waals surface area contributed by atoms with Gasteiger partial charge in [-0.2, -0.15) is 26.3 Å². The van der Waals surface area contributed by atoms with Crippen LogP contribution in [0.1, 0.15) is 129 Å². The predicted octanol–water partition coefficient (Wildman–Crippen LogP) is 10.8. The van der Waals surface area contributed by atoms with Crippen molar-refractivity contribution in [1.82, 2.24) is 9.97 Å². The minimum absolute atomic E-state index is 0.0400. The number of thiazole rings is 2. The molecule has 2 unspecified atom stereocenters. The first-order valence-electron chi connectivity index (χ1n) is 25.2. The molecule has 16 nitrogen and oxygen atoms in total. The number of ketones is 2. The number of aromatic nitrogens is 2. The van der Waals surface area contributed by atoms with E-state index in [-0.39, 0.29) is 25.9 Å². The number of Topliss-reactive ketones (excluding diaryl/α,β-unsaturated/α-hetero) is 2. The first kappa shape index (κ1) is 66.9. The van der Waals surface area contributed by atoms with Gasteiger partial charge in [0.05, 0.1) is 71.0 Å². The lowest BCUT2D eigenvalue weighted by Gasteiger charge is -2.34. The van der Waals surface area contributed by atoms with Crippen molar-refractivity contribution in [2.45, 2.75) is 170 Å². The number of hydrogen-bond donors (Lipinski definition) is 5. The summed E-state index contributed by atoms with van der Waals surface area (Å²) < 4.78 is 93.9. The monoisotopic (exact) mass is 1140 g/mol. The van der Waals surface area contributed by atoms with Gasteiger partial charge < -0.3 is 35.6 Å². The van der Waals surface area contributed by atoms with Crippen molar-refractivity contribution in [2.75, 3.05) is 0 Å². The molecule has 432 valence electrons. The molecule has 0 saturated carbocycles. The van der Waals surface area contributed by atoms with Crippen LogP contribution in [0, 0.1) is 34.5 Å². The summed E-state index contributed by atoms with van der Waals surface area (Å²) >= 11 is 2.56. The Morgan fingerprint density at radius 1 is 0.718 bits per heavy atom. The van der Waals surface area contributed by atoms with E-state index in [1.165, 1.54) is 88.5 Å². The summed E-state index contributed by atoms with van der Waals surface area (Å²) in [5.41, 5.74) is 11.4. The Morgan fingerprint density at radius 2 is 1.09 bits per heavy atom. The highest BCUT2D eigenvalue weighted by Gasteiger charge is 2.44. The lowest BCUT2D eigenvalue weighted by Crippen LogP contribution is -2.45. The van der Waals surface area contributed by atoms with Gasteiger partial charge in [0, 0.05) is 69.9 Å². The number of nitrogens with two attached hydrogens (primary N) is 1. The highest BCUT2D eigenvalue weighted by atomic mass is 32.1. The van der Waals surface area contributed by atoms with E-state index >= 15 is 0 Å². The fourth-order valence-corrected chi connectivity index (χ4v) is 9.79. The van der Waals surface area contributed by atoms with Gasteiger partial charge in [-0.3, -0.25) is 19.2 Å². The number of carbonyl (C=O) groups excluding carboxylic acids is 4. The zero-order chi connectivity index (χ0) is 59.1. The van der Waals surface area contributed by atoms with Crippen LogP contribution in [0.5, 0.6) is 0 Å². The summed E-state index contributed by atoms with van der Waals surface area (Å²) in [4.78, 5) is 63.3. The molecule has 10 atom stereocenters. The SMILES string of the molecule is C/C(=C\c1csc(CN)n1)C1C/C=C(/C(F)(F)F)C/C=C/[C@H](C)[C@H](O)[C@@H](C)C(=O)C(C)(C)[C@@H](O)CC(=O)O1.C/C(=C\c1csc(CN=[N+]=[N-])n1)C1C/C=C(/C(F)(F)F)C/C=C/[C@H](C)[C@H](O)[C@@H](C)C(=O)C(C)(C)[C@@H](O)CC(=O)O1. The maximum Gasteiger partial charge on any atom is 0.412 e. The number of aliphatic hydroxyl groups is 4. The van der Waals surface area contributed by atoms with Crippen LogP contribution in [-0.2, 0) is 41.7 Å². The van der Waals surface area contributed by atoms with E-state index in [4.69, 9.17) is 20.7 Å². The molecule has 0 amide bonds. The number of nitrogens with zero attached hydrogens (tertiary/aromatic N) is 5. The van der Waals surface area contributed by atoms with E-state index in [2.05, 4.69) is 20.0 Å². The van der Waals surface area contributed by atoms with Gasteiger partial charge in [0.1, 0.15) is 28.8 Å². The molecular formula is C54H72F6N6O10S2. The van der Waals surface area contributed by atoms with Gasteiger partial charge in [-0.15, -0.1) is 22.7 Å². The maximum atomic E-state index is 13.8. The van der Waals surface area contributed by atoms with Crippen LogP contribution in [0.4, 0.5) is 26.3 Å². The Labute approximate surface area is 458 Å². The number of aliphatic hydroxyl groups excluding tert-OH is 4. The molecule has 2 aliphatic heterocycles. The first-order valence-corrected chi connectivity index (χ1v) is 26.9. The Kier molecular flexibility index (Phi) is 25.1. The van der Waals surface area contributed by atoms with Crippen LogP contribution < -0.4 is 5.73 Å². The average molecular weight is 1140 g/mol. The van der Waals surface area contributed by atoms with E-state index in [0.29, 0.717) is 32.5 Å². The minimum Gasteiger partial charge on any atom is -0.457 e. The second kappa shape index (κ2) is 29.2. The molecule has 78 heavy (non-hydrogen) atoms. The van der Waals surface area contributed by atoms with Crippen LogP contribution >= 0.6 is 22.7 Å². The minimum atomic E-state index is -4.65. The number of hydrogen-bond acceptors (Lipinski definition) is 16. The number of ether oxygens (including phenoxy) is 2. The lowest BCUT2D eigenvalue weighted by atomic mass is 9.73. The van der Waals surface area contributed by atoms with Crippen LogP contribution in [0.25, 0.3) is 22.6 Å². The molecule has 4 heterocycles. The Morgan fingerprint density at radius 3 is 1.44 bits per heavy atom. The number of azide groups is 1. The molecule has 0 radical (unpaired) electrons. The van der Waals surface area contributed by atoms with E-state index in [1.807, 2.05) is 0 Å². The molecule has 0 fully saturated rings. The Hall–Kier alpha value is -5.33. The van der Waals surface area contributed by atoms with Gasteiger partial charge in [-0.25, -0.2) is 9.97 Å². The molecule has 4 rings (SSSR count). The lowest BCUT2D eigenvalue weighted by molar-refractivity contribution is -0.155. The number of halogens is 6. The van der Waals surface area contributed by atoms with Crippen molar-refractivity contribution >= 4 is 58.3 Å². The summed E-state index contributed by atoms with van der Waals surface area (Å²) in [5, 5.41) is 51.0. The van der Waals surface area contributed by atoms with Crippen LogP contribution in [0.2, 0.25) is 0 Å². The average Bonchev–Trinajstić information content (AvgIpc) is 4.02. The quantitative estimate of drug-likeness (QED) is 0.0432. The molecular weight excluding hydrogens is 1070 g/mol. The van der Waals surface area contributed by atoms with E-state index in [1.54, 1.807) is 50.6 Å². The maximum absolute atomic E-state index is 13.8. The third-order valence-corrected chi connectivity index (χ3v) is 15.7. The van der Waals surface area contributed by atoms with Gasteiger partial charge >= 0.3 is 24.3 Å². The van der Waals surface area contributed by atoms with Crippen molar-refractivity contribution < 1.29 is 75.4 Å². The summed E-state index contributed by atoms with van der Waals surface area (Å²) in [5.74, 6) is -5.88. The molecule has 0 aliphatic carbocycles. The van der Waals surface area contributed by atoms with Crippen LogP contribution in [0.3, 0.4) is 0 Å². The molecule has 2 aliphatic rings. The van der Waals surface area contributed by atoms with Gasteiger partial charge in [0.2, 0.25) is 0 Å². The van der Waals surface area contributed by atoms with Crippen LogP contribution in [0.15, 0.2) is 74.6 Å². The normalized spacial score (nSPS) is 30.2. The molecule has 2 aromatic rings. The number of cyclic esters (lactones) is 2. The highest BCUT2D eigenvalue weighted by molar-refractivity contribution is 7.10. The van der Waals surface area contributed by atoms with Crippen molar-refractivity contribution in [1.29, 1.82) is 0 Å². The molecule has 0 saturated heterocycles. The molecule has 2 aromatic heterocycles. The van der Waals surface area contributed by atoms with Crippen LogP contribution in [-0.4, -0.2) is 103 Å². The van der Waals surface area contributed by atoms with E-state index in [9.17, 15) is 65.9 Å². The number of esters is 2. The number of allylic oxidation sites excluding steroid dienone is 4. The molecule has 0 spiro atoms. The summed E-state index contributed by atoms with van der Waals surface area (Å²) in [6.45, 7) is 15.6. The molecule has 6 N–H and O–H groups in total. The molecule has 24 heteroatoms. The van der Waals surface area contributed by atoms with Gasteiger partial charge in [-0.05, 0) is 55.5 Å². The third kappa shape index (κ3) is 19.5. The van der Waals surface area contributed by atoms with Crippen molar-refractivity contribution in [2.24, 2.45) is 45.3 Å². The van der Waals surface area contributed by atoms with Gasteiger partial charge in [0.25, 0.3) is 0 Å². The number of carbonyl (C=O) groups is 4. The fraction of sp³-hybridized carbons (Fsp3) is 0.593. The number of rotatable bonds is 7. The topological polar surface area (TPSA) is 268 Å². The Balaban J connectivity index is 0.000000411. The standard InChI is InChI=1S/C27H35F3N4O5S.C27H37F3N2O5S/c1-15-7-6-8-18(27(28,29)30)9-10-20(16(2)11-19-14-40-22(33-19)13-32-34-31)39-23(36)12-21(35)26(4,5)25(38)17(3)24(15)37;1-15-7-6-8-18(27(28,29)30)9-10-20(16(2)11-19-14-38-22(13-31)32-19)37-23(34)12-21(33)26(4,5)25(36)17(3)24(15)35/h6-7,9,11,14-15,17,20-21,24,35,37H,8,10,12-13H2,1-5H3;6-7,9,11,14-15,17,20-21,24,33,35H,8,10,12-13,31H2,1-5H3/b2*7-6+,16-11+,18-9+/t2*15-,17+,20?,21-,24-/m00/s1. The smallest absolute Gasteiger partial charge is 0.412 e. The zero-order valence-electron chi connectivity index (χ0n) is 45.3. The molecule has 0 aromatic carbocycles. The van der Waals surface area contributed by atoms with E-state index < -0.39 is 144 Å². The summed E-state index contributed by atoms with van der Waals surface area (Å²) in [6.07, 6.45) is -8.79. The zero-order valence-corrected chi connectivity index (χ0v) is 47.0. The van der Waals surface area contributed by atoms with Crippen molar-refractivity contribution in [3.63, 3.8) is 0 Å². The molecule has 0 bridgehead atoms. The van der Waals surface area contributed by atoms with Crippen molar-refractivity contribution in [3.05, 3.63) is 101 Å². The second-order valence-corrected chi connectivity index (χ2v) is 22.6. The van der Waals surface area contributed by atoms with Crippen molar-refractivity contribution in [3.8, 4) is 0 Å². The second-order valence-electron chi connectivity index (χ2n) is 20.7. The van der Waals surface area contributed by atoms with Gasteiger partial charge in [0.15, 0.2) is 0 Å². The third-order valence-electron chi connectivity index (χ3n) is 13.9. The highest BCUT2D eigenvalue weighted by Crippen LogP contribution is 2.36. The van der Waals surface area contributed by atoms with E-state index in [0.717, 1.165) is 12.2 Å². The van der Waals surface area contributed by atoms with Gasteiger partial charge in [-0.1, -0.05) is 97.0 Å². The summed E-state index contributed by atoms with van der Waals surface area (Å²) in [6, 6.07) is 0. The predicted molar refractivity (Wildman–Crippen MR) is 285 cm³/mol. The fourth-order valence-electron chi connectivity index (χ4n) is 8.49. The first-order chi connectivity index (χ1) is 36.1. The largest absolute Gasteiger partial charge is 0.457 e. The summed E-state index contributed by atoms with van der Waals surface area (Å²) in [7, 11) is 0.